The van der Waals surface area contributed by atoms with E-state index < -0.39 is 22.0 Å². The number of carbonyl (C=O) groups excluding carboxylic acids is 2. The summed E-state index contributed by atoms with van der Waals surface area (Å²) in [5, 5.41) is 2.76. The van der Waals surface area contributed by atoms with Crippen molar-refractivity contribution >= 4 is 33.6 Å². The molecule has 174 valence electrons. The van der Waals surface area contributed by atoms with E-state index in [0.717, 1.165) is 5.56 Å². The van der Waals surface area contributed by atoms with Gasteiger partial charge in [0.05, 0.1) is 11.2 Å². The maximum Gasteiger partial charge on any atom is 0.287 e. The topological polar surface area (TPSA) is 99.9 Å². The number of furan rings is 1. The molecule has 0 spiro atoms. The predicted molar refractivity (Wildman–Crippen MR) is 124 cm³/mol. The van der Waals surface area contributed by atoms with Gasteiger partial charge in [-0.1, -0.05) is 12.1 Å². The molecule has 2 amide bonds. The molecule has 0 saturated carbocycles. The second kappa shape index (κ2) is 10.5. The van der Waals surface area contributed by atoms with Crippen molar-refractivity contribution in [3.8, 4) is 0 Å². The van der Waals surface area contributed by atoms with Crippen LogP contribution >= 0.6 is 11.8 Å². The number of rotatable bonds is 8. The average molecular weight is 480 g/mol. The first-order valence-corrected chi connectivity index (χ1v) is 13.3. The molecule has 3 rings (SSSR count). The number of hydrogen-bond donors (Lipinski definition) is 1. The van der Waals surface area contributed by atoms with Crippen LogP contribution in [0, 0.1) is 13.8 Å². The molecule has 1 N–H and O–H groups in total. The molecule has 1 atom stereocenters. The summed E-state index contributed by atoms with van der Waals surface area (Å²) in [6.45, 7) is 4.61. The highest BCUT2D eigenvalue weighted by Gasteiger charge is 2.33. The second-order valence-electron chi connectivity index (χ2n) is 7.78. The summed E-state index contributed by atoms with van der Waals surface area (Å²) in [5.41, 5.74) is 1.58. The molecule has 1 unspecified atom stereocenters. The van der Waals surface area contributed by atoms with Crippen molar-refractivity contribution in [3.63, 3.8) is 0 Å². The van der Waals surface area contributed by atoms with Crippen LogP contribution in [0.3, 0.4) is 0 Å². The van der Waals surface area contributed by atoms with Gasteiger partial charge in [-0.15, -0.1) is 0 Å². The number of carbonyl (C=O) groups is 2. The van der Waals surface area contributed by atoms with Crippen LogP contribution in [0.2, 0.25) is 0 Å². The summed E-state index contributed by atoms with van der Waals surface area (Å²) in [4.78, 5) is 27.5. The van der Waals surface area contributed by atoms with Crippen LogP contribution in [0.1, 0.15) is 28.1 Å². The Balaban J connectivity index is 1.67. The van der Waals surface area contributed by atoms with Crippen LogP contribution in [0.4, 0.5) is 0 Å². The van der Waals surface area contributed by atoms with Crippen molar-refractivity contribution in [2.24, 2.45) is 0 Å². The molecule has 1 fully saturated rings. The highest BCUT2D eigenvalue weighted by atomic mass is 32.2. The number of aryl methyl sites for hydroxylation is 2. The van der Waals surface area contributed by atoms with E-state index in [0.29, 0.717) is 22.6 Å². The monoisotopic (exact) mass is 479 g/mol. The van der Waals surface area contributed by atoms with Gasteiger partial charge in [0.2, 0.25) is 15.9 Å². The molecular formula is C22H29N3O5S2. The lowest BCUT2D eigenvalue weighted by Crippen LogP contribution is -2.56. The first-order chi connectivity index (χ1) is 15.2. The molecule has 32 heavy (non-hydrogen) atoms. The van der Waals surface area contributed by atoms with E-state index in [9.17, 15) is 18.0 Å². The normalized spacial score (nSPS) is 16.0. The predicted octanol–water partition coefficient (Wildman–Crippen LogP) is 2.28. The highest BCUT2D eigenvalue weighted by Crippen LogP contribution is 2.23. The number of sulfonamides is 1. The molecule has 0 aliphatic carbocycles. The molecule has 1 aliphatic heterocycles. The maximum atomic E-state index is 13.1. The lowest BCUT2D eigenvalue weighted by molar-refractivity contribution is -0.134. The van der Waals surface area contributed by atoms with E-state index in [2.05, 4.69) is 5.32 Å². The Bertz CT molecular complexity index is 1050. The van der Waals surface area contributed by atoms with Crippen LogP contribution in [-0.4, -0.2) is 73.7 Å². The Morgan fingerprint density at radius 3 is 2.50 bits per heavy atom. The third-order valence-electron chi connectivity index (χ3n) is 5.47. The Kier molecular flexibility index (Phi) is 8.02. The summed E-state index contributed by atoms with van der Waals surface area (Å²) < 4.78 is 32.8. The fourth-order valence-corrected chi connectivity index (χ4v) is 5.83. The molecular weight excluding hydrogens is 450 g/mol. The number of amides is 2. The number of hydrogen-bond acceptors (Lipinski definition) is 6. The van der Waals surface area contributed by atoms with Crippen LogP contribution in [0.5, 0.6) is 0 Å². The second-order valence-corrected chi connectivity index (χ2v) is 10.7. The molecule has 8 nitrogen and oxygen atoms in total. The third-order valence-corrected chi connectivity index (χ3v) is 8.16. The number of nitrogens with zero attached hydrogens (tertiary/aromatic N) is 2. The fourth-order valence-electron chi connectivity index (χ4n) is 3.62. The molecule has 10 heteroatoms. The van der Waals surface area contributed by atoms with Crippen LogP contribution in [-0.2, 0) is 14.8 Å². The van der Waals surface area contributed by atoms with Crippen molar-refractivity contribution in [3.05, 3.63) is 53.5 Å². The largest absolute Gasteiger partial charge is 0.459 e. The minimum Gasteiger partial charge on any atom is -0.459 e. The minimum absolute atomic E-state index is 0.149. The lowest BCUT2D eigenvalue weighted by Gasteiger charge is -2.36. The zero-order valence-corrected chi connectivity index (χ0v) is 20.2. The molecule has 2 heterocycles. The van der Waals surface area contributed by atoms with Gasteiger partial charge in [-0.3, -0.25) is 9.59 Å². The van der Waals surface area contributed by atoms with Crippen molar-refractivity contribution in [2.45, 2.75) is 31.2 Å². The van der Waals surface area contributed by atoms with Gasteiger partial charge in [-0.2, -0.15) is 16.1 Å². The molecule has 1 aromatic carbocycles. The van der Waals surface area contributed by atoms with Crippen molar-refractivity contribution in [2.75, 3.05) is 38.2 Å². The molecule has 0 bridgehead atoms. The molecule has 1 aromatic heterocycles. The number of piperazine rings is 1. The van der Waals surface area contributed by atoms with E-state index in [1.54, 1.807) is 47.9 Å². The SMILES string of the molecule is CSCCC(NC(=O)c1ccco1)C(=O)N1CCN(S(=O)(=O)c2cc(C)ccc2C)CC1. The summed E-state index contributed by atoms with van der Waals surface area (Å²) >= 11 is 1.59. The van der Waals surface area contributed by atoms with Gasteiger partial charge >= 0.3 is 0 Å². The zero-order chi connectivity index (χ0) is 23.3. The van der Waals surface area contributed by atoms with Gasteiger partial charge in [-0.25, -0.2) is 8.42 Å². The van der Waals surface area contributed by atoms with Gasteiger partial charge in [0.15, 0.2) is 5.76 Å². The van der Waals surface area contributed by atoms with Crippen molar-refractivity contribution in [1.29, 1.82) is 0 Å². The molecule has 0 radical (unpaired) electrons. The van der Waals surface area contributed by atoms with Crippen LogP contribution in [0.25, 0.3) is 0 Å². The Morgan fingerprint density at radius 1 is 1.16 bits per heavy atom. The van der Waals surface area contributed by atoms with Gasteiger partial charge in [0.1, 0.15) is 6.04 Å². The van der Waals surface area contributed by atoms with Crippen LogP contribution in [0.15, 0.2) is 45.9 Å². The average Bonchev–Trinajstić information content (AvgIpc) is 3.33. The zero-order valence-electron chi connectivity index (χ0n) is 18.5. The minimum atomic E-state index is -3.64. The smallest absolute Gasteiger partial charge is 0.287 e. The van der Waals surface area contributed by atoms with Gasteiger partial charge in [0.25, 0.3) is 5.91 Å². The summed E-state index contributed by atoms with van der Waals surface area (Å²) in [7, 11) is -3.64. The summed E-state index contributed by atoms with van der Waals surface area (Å²) in [6.07, 6.45) is 3.82. The van der Waals surface area contributed by atoms with Gasteiger partial charge < -0.3 is 14.6 Å². The fraction of sp³-hybridized carbons (Fsp3) is 0.455. The van der Waals surface area contributed by atoms with E-state index in [4.69, 9.17) is 4.42 Å². The van der Waals surface area contributed by atoms with E-state index in [1.165, 1.54) is 10.6 Å². The number of nitrogens with one attached hydrogen (secondary N) is 1. The molecule has 1 saturated heterocycles. The first-order valence-electron chi connectivity index (χ1n) is 10.4. The van der Waals surface area contributed by atoms with Crippen LogP contribution < -0.4 is 5.32 Å². The van der Waals surface area contributed by atoms with Crippen molar-refractivity contribution < 1.29 is 22.4 Å². The third kappa shape index (κ3) is 5.54. The summed E-state index contributed by atoms with van der Waals surface area (Å²) in [5.74, 6) is 0.209. The number of benzene rings is 1. The van der Waals surface area contributed by atoms with Crippen molar-refractivity contribution in [1.82, 2.24) is 14.5 Å². The highest BCUT2D eigenvalue weighted by molar-refractivity contribution is 7.98. The quantitative estimate of drug-likeness (QED) is 0.624. The Labute approximate surface area is 193 Å². The van der Waals surface area contributed by atoms with E-state index in [1.807, 2.05) is 19.2 Å². The van der Waals surface area contributed by atoms with Gasteiger partial charge in [0, 0.05) is 26.2 Å². The first kappa shape index (κ1) is 24.3. The lowest BCUT2D eigenvalue weighted by atomic mass is 10.1. The van der Waals surface area contributed by atoms with Gasteiger partial charge in [-0.05, 0) is 61.6 Å². The molecule has 1 aliphatic rings. The Morgan fingerprint density at radius 2 is 1.88 bits per heavy atom. The number of thioether (sulfide) groups is 1. The maximum absolute atomic E-state index is 13.1. The van der Waals surface area contributed by atoms with E-state index >= 15 is 0 Å². The molecule has 2 aromatic rings. The summed E-state index contributed by atoms with van der Waals surface area (Å²) in [6, 6.07) is 7.84. The Hall–Kier alpha value is -2.30. The van der Waals surface area contributed by atoms with E-state index in [-0.39, 0.29) is 37.8 Å². The standard InChI is InChI=1S/C22H29N3O5S2/c1-16-6-7-17(2)20(15-16)32(28,29)25-11-9-24(10-12-25)22(27)18(8-14-31-3)23-21(26)19-5-4-13-30-19/h4-7,13,15,18H,8-12,14H2,1-3H3,(H,23,26).